The Kier molecular flexibility index (Phi) is 3.64. The van der Waals surface area contributed by atoms with Crippen molar-refractivity contribution in [3.63, 3.8) is 0 Å². The number of Topliss-reactive ketones (excluding diaryl/α,β-unsaturated/α-hetero) is 1. The van der Waals surface area contributed by atoms with E-state index in [4.69, 9.17) is 0 Å². The lowest BCUT2D eigenvalue weighted by Gasteiger charge is -2.30. The number of aryl methyl sites for hydroxylation is 1. The number of hydrogen-bond donors (Lipinski definition) is 0. The lowest BCUT2D eigenvalue weighted by molar-refractivity contribution is 0.0986. The molecule has 2 heterocycles. The van der Waals surface area contributed by atoms with E-state index in [1.807, 2.05) is 18.8 Å². The number of carbonyl (C=O) groups excluding carboxylic acids is 1. The molecule has 1 aliphatic heterocycles. The molecule has 0 saturated carbocycles. The van der Waals surface area contributed by atoms with Crippen LogP contribution in [-0.4, -0.2) is 37.1 Å². The highest BCUT2D eigenvalue weighted by atomic mass is 32.2. The van der Waals surface area contributed by atoms with E-state index in [-0.39, 0.29) is 11.0 Å². The topological polar surface area (TPSA) is 34.9 Å². The number of aromatic nitrogens is 2. The van der Waals surface area contributed by atoms with Gasteiger partial charge in [0.15, 0.2) is 5.78 Å². The molecular weight excluding hydrogens is 240 g/mol. The zero-order chi connectivity index (χ0) is 11.7. The Morgan fingerprint density at radius 2 is 2.25 bits per heavy atom. The molecule has 0 bridgehead atoms. The summed E-state index contributed by atoms with van der Waals surface area (Å²) in [5.41, 5.74) is 0.722. The minimum Gasteiger partial charge on any atom is -0.291 e. The van der Waals surface area contributed by atoms with E-state index in [2.05, 4.69) is 18.9 Å². The summed E-state index contributed by atoms with van der Waals surface area (Å²) in [6.07, 6.45) is 1.68. The van der Waals surface area contributed by atoms with Crippen molar-refractivity contribution in [2.75, 3.05) is 5.75 Å². The van der Waals surface area contributed by atoms with E-state index < -0.39 is 0 Å². The zero-order valence-corrected chi connectivity index (χ0v) is 11.3. The Morgan fingerprint density at radius 3 is 2.81 bits per heavy atom. The van der Waals surface area contributed by atoms with E-state index in [1.54, 1.807) is 28.7 Å². The first-order chi connectivity index (χ1) is 7.59. The van der Waals surface area contributed by atoms with Gasteiger partial charge >= 0.3 is 0 Å². The highest BCUT2D eigenvalue weighted by Crippen LogP contribution is 2.36. The molecule has 0 spiro atoms. The third kappa shape index (κ3) is 2.30. The first-order valence-electron chi connectivity index (χ1n) is 5.39. The smallest absolute Gasteiger partial charge is 0.194 e. The quantitative estimate of drug-likeness (QED) is 0.760. The van der Waals surface area contributed by atoms with Crippen LogP contribution < -0.4 is 0 Å². The molecule has 1 aromatic heterocycles. The maximum absolute atomic E-state index is 12.2. The number of nitrogens with zero attached hydrogens (tertiary/aromatic N) is 2. The lowest BCUT2D eigenvalue weighted by atomic mass is 10.2. The molecule has 0 aromatic carbocycles. The summed E-state index contributed by atoms with van der Waals surface area (Å²) in [6.45, 7) is 4.43. The normalized spacial score (nSPS) is 30.3. The summed E-state index contributed by atoms with van der Waals surface area (Å²) in [7, 11) is 1.82. The van der Waals surface area contributed by atoms with Gasteiger partial charge in [-0.1, -0.05) is 13.8 Å². The van der Waals surface area contributed by atoms with Gasteiger partial charge in [0.1, 0.15) is 5.69 Å². The Hall–Kier alpha value is -0.420. The highest BCUT2D eigenvalue weighted by Gasteiger charge is 2.31. The molecular formula is C11H16N2OS2. The summed E-state index contributed by atoms with van der Waals surface area (Å²) < 4.78 is 1.66. The van der Waals surface area contributed by atoms with E-state index >= 15 is 0 Å². The second-order valence-corrected chi connectivity index (χ2v) is 7.07. The van der Waals surface area contributed by atoms with Gasteiger partial charge in [-0.25, -0.2) is 0 Å². The van der Waals surface area contributed by atoms with Gasteiger partial charge in [-0.2, -0.15) is 16.9 Å². The van der Waals surface area contributed by atoms with Crippen molar-refractivity contribution in [2.24, 2.45) is 7.05 Å². The van der Waals surface area contributed by atoms with Crippen LogP contribution in [0, 0.1) is 0 Å². The van der Waals surface area contributed by atoms with Gasteiger partial charge in [-0.3, -0.25) is 9.48 Å². The molecule has 5 heteroatoms. The molecule has 16 heavy (non-hydrogen) atoms. The standard InChI is InChI=1S/C11H16N2OS2/c1-7-8(2)16-10(6-15-7)11(14)9-4-5-12-13(9)3/h4-5,7-8,10H,6H2,1-3H3. The predicted octanol–water partition coefficient (Wildman–Crippen LogP) is 2.23. The molecule has 0 aliphatic carbocycles. The Bertz CT molecular complexity index is 391. The minimum atomic E-state index is 0.0894. The molecule has 1 aromatic rings. The van der Waals surface area contributed by atoms with E-state index in [0.29, 0.717) is 10.5 Å². The van der Waals surface area contributed by atoms with Crippen molar-refractivity contribution in [2.45, 2.75) is 29.6 Å². The van der Waals surface area contributed by atoms with Gasteiger partial charge in [-0.05, 0) is 6.07 Å². The Balaban J connectivity index is 2.09. The van der Waals surface area contributed by atoms with Gasteiger partial charge in [0.25, 0.3) is 0 Å². The van der Waals surface area contributed by atoms with Gasteiger partial charge < -0.3 is 0 Å². The third-order valence-electron chi connectivity index (χ3n) is 2.92. The maximum Gasteiger partial charge on any atom is 0.194 e. The van der Waals surface area contributed by atoms with E-state index in [9.17, 15) is 4.79 Å². The summed E-state index contributed by atoms with van der Waals surface area (Å²) in [4.78, 5) is 12.2. The number of carbonyl (C=O) groups is 1. The van der Waals surface area contributed by atoms with Crippen LogP contribution in [-0.2, 0) is 7.05 Å². The lowest BCUT2D eigenvalue weighted by Crippen LogP contribution is -2.32. The van der Waals surface area contributed by atoms with Gasteiger partial charge in [0.2, 0.25) is 0 Å². The highest BCUT2D eigenvalue weighted by molar-refractivity contribution is 8.08. The molecule has 3 atom stereocenters. The predicted molar refractivity (Wildman–Crippen MR) is 70.3 cm³/mol. The molecule has 0 amide bonds. The van der Waals surface area contributed by atoms with Crippen LogP contribution in [0.15, 0.2) is 12.3 Å². The average Bonchev–Trinajstić information content (AvgIpc) is 2.67. The van der Waals surface area contributed by atoms with Crippen molar-refractivity contribution >= 4 is 29.3 Å². The first-order valence-corrected chi connectivity index (χ1v) is 7.38. The average molecular weight is 256 g/mol. The largest absolute Gasteiger partial charge is 0.291 e. The zero-order valence-electron chi connectivity index (χ0n) is 9.71. The third-order valence-corrected chi connectivity index (χ3v) is 6.31. The molecule has 1 aliphatic rings. The Morgan fingerprint density at radius 1 is 1.50 bits per heavy atom. The first kappa shape index (κ1) is 12.0. The number of hydrogen-bond acceptors (Lipinski definition) is 4. The van der Waals surface area contributed by atoms with Crippen LogP contribution in [0.5, 0.6) is 0 Å². The number of ketones is 1. The second kappa shape index (κ2) is 4.84. The number of rotatable bonds is 2. The maximum atomic E-state index is 12.2. The molecule has 3 nitrogen and oxygen atoms in total. The van der Waals surface area contributed by atoms with Gasteiger partial charge in [0, 0.05) is 29.5 Å². The van der Waals surface area contributed by atoms with Crippen molar-refractivity contribution in [3.05, 3.63) is 18.0 Å². The van der Waals surface area contributed by atoms with E-state index in [1.165, 1.54) is 0 Å². The summed E-state index contributed by atoms with van der Waals surface area (Å²) in [5, 5.41) is 5.32. The van der Waals surface area contributed by atoms with Crippen LogP contribution in [0.2, 0.25) is 0 Å². The van der Waals surface area contributed by atoms with Crippen LogP contribution in [0.1, 0.15) is 24.3 Å². The van der Waals surface area contributed by atoms with Crippen LogP contribution >= 0.6 is 23.5 Å². The molecule has 88 valence electrons. The fourth-order valence-electron chi connectivity index (χ4n) is 1.70. The van der Waals surface area contributed by atoms with Crippen molar-refractivity contribution in [3.8, 4) is 0 Å². The summed E-state index contributed by atoms with van der Waals surface area (Å²) in [5.74, 6) is 1.14. The SMILES string of the molecule is CC1SCC(C(=O)c2ccnn2C)SC1C. The fraction of sp³-hybridized carbons (Fsp3) is 0.636. The molecule has 0 radical (unpaired) electrons. The van der Waals surface area contributed by atoms with Gasteiger partial charge in [-0.15, -0.1) is 11.8 Å². The van der Waals surface area contributed by atoms with Crippen molar-refractivity contribution < 1.29 is 4.79 Å². The van der Waals surface area contributed by atoms with Gasteiger partial charge in [0.05, 0.1) is 5.25 Å². The van der Waals surface area contributed by atoms with Crippen molar-refractivity contribution in [1.29, 1.82) is 0 Å². The molecule has 0 N–H and O–H groups in total. The Labute approximate surface area is 104 Å². The van der Waals surface area contributed by atoms with Crippen LogP contribution in [0.3, 0.4) is 0 Å². The molecule has 3 unspecified atom stereocenters. The molecule has 2 rings (SSSR count). The monoisotopic (exact) mass is 256 g/mol. The fourth-order valence-corrected chi connectivity index (χ4v) is 4.56. The van der Waals surface area contributed by atoms with Crippen molar-refractivity contribution in [1.82, 2.24) is 9.78 Å². The van der Waals surface area contributed by atoms with E-state index in [0.717, 1.165) is 11.4 Å². The molecule has 1 saturated heterocycles. The number of thioether (sulfide) groups is 2. The minimum absolute atomic E-state index is 0.0894. The van der Waals surface area contributed by atoms with Crippen LogP contribution in [0.25, 0.3) is 0 Å². The second-order valence-electron chi connectivity index (χ2n) is 4.07. The van der Waals surface area contributed by atoms with Crippen LogP contribution in [0.4, 0.5) is 0 Å². The summed E-state index contributed by atoms with van der Waals surface area (Å²) in [6, 6.07) is 1.80. The molecule has 1 fully saturated rings. The summed E-state index contributed by atoms with van der Waals surface area (Å²) >= 11 is 3.69.